The van der Waals surface area contributed by atoms with Crippen LogP contribution in [-0.2, 0) is 4.74 Å². The van der Waals surface area contributed by atoms with Crippen LogP contribution in [0.5, 0.6) is 0 Å². The van der Waals surface area contributed by atoms with E-state index in [1.165, 1.54) is 0 Å². The molecule has 0 saturated heterocycles. The number of aliphatic hydroxyl groups is 2. The van der Waals surface area contributed by atoms with Gasteiger partial charge in [-0.15, -0.1) is 0 Å². The zero-order chi connectivity index (χ0) is 17.8. The fraction of sp³-hybridized carbons (Fsp3) is 0.533. The van der Waals surface area contributed by atoms with Gasteiger partial charge >= 0.3 is 6.09 Å². The summed E-state index contributed by atoms with van der Waals surface area (Å²) >= 11 is 2.83. The van der Waals surface area contributed by atoms with Gasteiger partial charge < -0.3 is 20.3 Å². The summed E-state index contributed by atoms with van der Waals surface area (Å²) in [5, 5.41) is 22.2. The quantitative estimate of drug-likeness (QED) is 0.669. The van der Waals surface area contributed by atoms with E-state index < -0.39 is 35.5 Å². The van der Waals surface area contributed by atoms with Crippen molar-refractivity contribution in [2.45, 2.75) is 45.0 Å². The van der Waals surface area contributed by atoms with Crippen molar-refractivity contribution in [2.75, 3.05) is 6.54 Å². The average Bonchev–Trinajstić information content (AvgIpc) is 2.40. The first-order valence-electron chi connectivity index (χ1n) is 6.98. The van der Waals surface area contributed by atoms with Gasteiger partial charge in [-0.05, 0) is 55.3 Å². The molecule has 5 nitrogen and oxygen atoms in total. The van der Waals surface area contributed by atoms with Crippen LogP contribution in [0, 0.1) is 11.6 Å². The van der Waals surface area contributed by atoms with E-state index in [1.54, 1.807) is 20.8 Å². The average molecular weight is 396 g/mol. The topological polar surface area (TPSA) is 78.8 Å². The van der Waals surface area contributed by atoms with Gasteiger partial charge in [-0.3, -0.25) is 0 Å². The van der Waals surface area contributed by atoms with Crippen molar-refractivity contribution < 1.29 is 28.5 Å². The van der Waals surface area contributed by atoms with E-state index >= 15 is 0 Å². The number of alkyl carbamates (subject to hydrolysis) is 1. The summed E-state index contributed by atoms with van der Waals surface area (Å²) in [6.45, 7) is 5.12. The third kappa shape index (κ3) is 6.40. The van der Waals surface area contributed by atoms with Crippen LogP contribution in [0.4, 0.5) is 13.6 Å². The number of halogens is 3. The summed E-state index contributed by atoms with van der Waals surface area (Å²) in [7, 11) is 0. The maximum absolute atomic E-state index is 13.7. The molecule has 0 aliphatic rings. The van der Waals surface area contributed by atoms with Crippen LogP contribution in [0.3, 0.4) is 0 Å². The van der Waals surface area contributed by atoms with Gasteiger partial charge in [-0.2, -0.15) is 0 Å². The number of nitrogens with one attached hydrogen (secondary N) is 1. The standard InChI is InChI=1S/C15H20BrF2NO4/c1-15(2,3)23-14(22)19-5-4-12(20)13(21)8-6-11(18)9(16)7-10(8)17/h6-7,12-13,20-21H,4-5H2,1-3H3,(H,19,22). The van der Waals surface area contributed by atoms with E-state index in [0.29, 0.717) is 0 Å². The number of rotatable bonds is 5. The molecule has 130 valence electrons. The van der Waals surface area contributed by atoms with E-state index in [-0.39, 0.29) is 23.0 Å². The van der Waals surface area contributed by atoms with E-state index in [4.69, 9.17) is 4.74 Å². The van der Waals surface area contributed by atoms with Crippen molar-refractivity contribution in [3.8, 4) is 0 Å². The Morgan fingerprint density at radius 3 is 2.48 bits per heavy atom. The first-order valence-corrected chi connectivity index (χ1v) is 7.78. The van der Waals surface area contributed by atoms with Crippen LogP contribution in [0.25, 0.3) is 0 Å². The fourth-order valence-electron chi connectivity index (χ4n) is 1.77. The van der Waals surface area contributed by atoms with Gasteiger partial charge in [-0.1, -0.05) is 0 Å². The molecule has 0 spiro atoms. The van der Waals surface area contributed by atoms with Gasteiger partial charge in [0.05, 0.1) is 10.6 Å². The lowest BCUT2D eigenvalue weighted by Crippen LogP contribution is -2.34. The lowest BCUT2D eigenvalue weighted by Gasteiger charge is -2.21. The first kappa shape index (κ1) is 19.8. The van der Waals surface area contributed by atoms with Crippen LogP contribution < -0.4 is 5.32 Å². The molecule has 2 unspecified atom stereocenters. The lowest BCUT2D eigenvalue weighted by molar-refractivity contribution is 0.0102. The predicted octanol–water partition coefficient (Wildman–Crippen LogP) is 3.04. The Kier molecular flexibility index (Phi) is 6.91. The number of carbonyl (C=O) groups is 1. The SMILES string of the molecule is CC(C)(C)OC(=O)NCCC(O)C(O)c1cc(F)c(Br)cc1F. The normalized spacial score (nSPS) is 14.3. The Morgan fingerprint density at radius 2 is 1.91 bits per heavy atom. The van der Waals surface area contributed by atoms with Crippen LogP contribution >= 0.6 is 15.9 Å². The van der Waals surface area contributed by atoms with Crippen LogP contribution in [0.15, 0.2) is 16.6 Å². The summed E-state index contributed by atoms with van der Waals surface area (Å²) < 4.78 is 32.1. The molecule has 0 fully saturated rings. The lowest BCUT2D eigenvalue weighted by atomic mass is 10.0. The Hall–Kier alpha value is -1.25. The number of carbonyl (C=O) groups excluding carboxylic acids is 1. The third-order valence-corrected chi connectivity index (χ3v) is 3.44. The number of aliphatic hydroxyl groups excluding tert-OH is 2. The molecule has 2 atom stereocenters. The maximum atomic E-state index is 13.7. The zero-order valence-corrected chi connectivity index (χ0v) is 14.7. The molecule has 0 aromatic heterocycles. The molecule has 1 rings (SSSR count). The molecule has 0 radical (unpaired) electrons. The largest absolute Gasteiger partial charge is 0.444 e. The van der Waals surface area contributed by atoms with Gasteiger partial charge in [-0.25, -0.2) is 13.6 Å². The summed E-state index contributed by atoms with van der Waals surface area (Å²) in [6, 6.07) is 1.69. The third-order valence-electron chi connectivity index (χ3n) is 2.83. The minimum Gasteiger partial charge on any atom is -0.444 e. The van der Waals surface area contributed by atoms with E-state index in [1.807, 2.05) is 0 Å². The van der Waals surface area contributed by atoms with Gasteiger partial charge in [0, 0.05) is 12.1 Å². The number of benzene rings is 1. The Balaban J connectivity index is 2.57. The molecule has 23 heavy (non-hydrogen) atoms. The van der Waals surface area contributed by atoms with Gasteiger partial charge in [0.25, 0.3) is 0 Å². The molecule has 0 bridgehead atoms. The zero-order valence-electron chi connectivity index (χ0n) is 13.1. The van der Waals surface area contributed by atoms with Crippen molar-refractivity contribution in [2.24, 2.45) is 0 Å². The van der Waals surface area contributed by atoms with Crippen molar-refractivity contribution in [3.05, 3.63) is 33.8 Å². The summed E-state index contributed by atoms with van der Waals surface area (Å²) in [4.78, 5) is 11.4. The number of hydrogen-bond acceptors (Lipinski definition) is 4. The summed E-state index contributed by atoms with van der Waals surface area (Å²) in [6.07, 6.45) is -3.71. The van der Waals surface area contributed by atoms with Gasteiger partial charge in [0.1, 0.15) is 23.3 Å². The van der Waals surface area contributed by atoms with Crippen LogP contribution in [0.2, 0.25) is 0 Å². The molecule has 8 heteroatoms. The van der Waals surface area contributed by atoms with Crippen molar-refractivity contribution >= 4 is 22.0 Å². The number of amides is 1. The van der Waals surface area contributed by atoms with Crippen LogP contribution in [-0.4, -0.2) is 34.6 Å². The molecule has 1 aromatic carbocycles. The summed E-state index contributed by atoms with van der Waals surface area (Å²) in [5.41, 5.74) is -1.00. The highest BCUT2D eigenvalue weighted by Gasteiger charge is 2.23. The minimum atomic E-state index is -1.61. The molecule has 0 saturated carbocycles. The molecular weight excluding hydrogens is 376 g/mol. The van der Waals surface area contributed by atoms with Crippen LogP contribution in [0.1, 0.15) is 38.9 Å². The highest BCUT2D eigenvalue weighted by Crippen LogP contribution is 2.26. The first-order chi connectivity index (χ1) is 10.5. The predicted molar refractivity (Wildman–Crippen MR) is 83.9 cm³/mol. The molecule has 0 heterocycles. The molecule has 1 aromatic rings. The fourth-order valence-corrected chi connectivity index (χ4v) is 2.08. The van der Waals surface area contributed by atoms with E-state index in [0.717, 1.165) is 12.1 Å². The summed E-state index contributed by atoms with van der Waals surface area (Å²) in [5.74, 6) is -1.59. The van der Waals surface area contributed by atoms with E-state index in [9.17, 15) is 23.8 Å². The second-order valence-electron chi connectivity index (χ2n) is 6.02. The molecule has 0 aliphatic heterocycles. The number of ether oxygens (including phenoxy) is 1. The Morgan fingerprint density at radius 1 is 1.30 bits per heavy atom. The highest BCUT2D eigenvalue weighted by atomic mass is 79.9. The van der Waals surface area contributed by atoms with Crippen molar-refractivity contribution in [1.29, 1.82) is 0 Å². The van der Waals surface area contributed by atoms with Crippen molar-refractivity contribution in [3.63, 3.8) is 0 Å². The second-order valence-corrected chi connectivity index (χ2v) is 6.87. The van der Waals surface area contributed by atoms with Gasteiger partial charge in [0.2, 0.25) is 0 Å². The highest BCUT2D eigenvalue weighted by molar-refractivity contribution is 9.10. The smallest absolute Gasteiger partial charge is 0.407 e. The molecular formula is C15H20BrF2NO4. The number of hydrogen-bond donors (Lipinski definition) is 3. The molecule has 0 aliphatic carbocycles. The second kappa shape index (κ2) is 8.03. The van der Waals surface area contributed by atoms with Gasteiger partial charge in [0.15, 0.2) is 0 Å². The Labute approximate surface area is 141 Å². The molecule has 1 amide bonds. The Bertz CT molecular complexity index is 563. The molecule has 3 N–H and O–H groups in total. The minimum absolute atomic E-state index is 0.00771. The monoisotopic (exact) mass is 395 g/mol. The maximum Gasteiger partial charge on any atom is 0.407 e. The van der Waals surface area contributed by atoms with Crippen molar-refractivity contribution in [1.82, 2.24) is 5.32 Å². The van der Waals surface area contributed by atoms with E-state index in [2.05, 4.69) is 21.2 Å².